The number of nitrogens with zero attached hydrogens (tertiary/aromatic N) is 2. The molecule has 1 amide bonds. The van der Waals surface area contributed by atoms with E-state index < -0.39 is 0 Å². The highest BCUT2D eigenvalue weighted by atomic mass is 79.9. The zero-order chi connectivity index (χ0) is 16.4. The fraction of sp³-hybridized carbons (Fsp3) is 0.0625. The Hall–Kier alpha value is -1.76. The maximum Gasteiger partial charge on any atom is 0.257 e. The average Bonchev–Trinajstić information content (AvgIpc) is 2.88. The molecule has 3 aromatic rings. The summed E-state index contributed by atoms with van der Waals surface area (Å²) in [6.07, 6.45) is 1.50. The van der Waals surface area contributed by atoms with Crippen LogP contribution in [0.15, 0.2) is 47.1 Å². The minimum Gasteiger partial charge on any atom is -0.298 e. The second-order valence-corrected chi connectivity index (χ2v) is 7.26. The highest BCUT2D eigenvalue weighted by molar-refractivity contribution is 9.10. The number of carbonyl (C=O) groups excluding carboxylic acids is 1. The molecule has 0 unspecified atom stereocenters. The molecule has 0 atom stereocenters. The van der Waals surface area contributed by atoms with Crippen molar-refractivity contribution in [1.29, 1.82) is 0 Å². The van der Waals surface area contributed by atoms with Crippen LogP contribution in [-0.2, 0) is 0 Å². The van der Waals surface area contributed by atoms with E-state index in [0.717, 1.165) is 20.6 Å². The summed E-state index contributed by atoms with van der Waals surface area (Å²) in [6.45, 7) is 1.98. The second-order valence-electron chi connectivity index (χ2n) is 4.75. The smallest absolute Gasteiger partial charge is 0.257 e. The molecule has 0 spiro atoms. The number of aromatic nitrogens is 2. The summed E-state index contributed by atoms with van der Waals surface area (Å²) in [7, 11) is 0. The number of amides is 1. The van der Waals surface area contributed by atoms with Gasteiger partial charge in [0.05, 0.1) is 5.69 Å². The Morgan fingerprint density at radius 3 is 2.70 bits per heavy atom. The molecule has 0 saturated heterocycles. The summed E-state index contributed by atoms with van der Waals surface area (Å²) in [5.41, 5.74) is 2.32. The summed E-state index contributed by atoms with van der Waals surface area (Å²) in [4.78, 5) is 21.7. The number of benzene rings is 1. The van der Waals surface area contributed by atoms with Gasteiger partial charge in [-0.05, 0) is 31.2 Å². The van der Waals surface area contributed by atoms with Crippen LogP contribution in [-0.4, -0.2) is 15.9 Å². The third kappa shape index (κ3) is 3.77. The SMILES string of the molecule is Cc1sc(NC(=O)c2ccnc(Cl)c2)nc1-c1ccc(Br)cc1. The zero-order valence-electron chi connectivity index (χ0n) is 12.0. The molecule has 0 aliphatic carbocycles. The third-order valence-electron chi connectivity index (χ3n) is 3.12. The molecule has 0 bridgehead atoms. The van der Waals surface area contributed by atoms with E-state index in [-0.39, 0.29) is 11.1 Å². The molecule has 23 heavy (non-hydrogen) atoms. The van der Waals surface area contributed by atoms with Crippen LogP contribution in [0.5, 0.6) is 0 Å². The van der Waals surface area contributed by atoms with Gasteiger partial charge in [-0.25, -0.2) is 9.97 Å². The Morgan fingerprint density at radius 1 is 1.26 bits per heavy atom. The number of rotatable bonds is 3. The normalized spacial score (nSPS) is 10.6. The van der Waals surface area contributed by atoms with Gasteiger partial charge in [0, 0.05) is 26.7 Å². The van der Waals surface area contributed by atoms with Gasteiger partial charge < -0.3 is 0 Å². The van der Waals surface area contributed by atoms with E-state index in [1.807, 2.05) is 31.2 Å². The summed E-state index contributed by atoms with van der Waals surface area (Å²) < 4.78 is 1.01. The van der Waals surface area contributed by atoms with Crippen LogP contribution in [0, 0.1) is 6.92 Å². The van der Waals surface area contributed by atoms with Gasteiger partial charge in [0.15, 0.2) is 5.13 Å². The molecular formula is C16H11BrClN3OS. The fourth-order valence-corrected chi connectivity index (χ4v) is 3.31. The van der Waals surface area contributed by atoms with Crippen LogP contribution in [0.25, 0.3) is 11.3 Å². The number of hydrogen-bond donors (Lipinski definition) is 1. The lowest BCUT2D eigenvalue weighted by Crippen LogP contribution is -2.11. The summed E-state index contributed by atoms with van der Waals surface area (Å²) in [5.74, 6) is -0.259. The van der Waals surface area contributed by atoms with Gasteiger partial charge in [-0.1, -0.05) is 39.7 Å². The van der Waals surface area contributed by atoms with E-state index in [2.05, 4.69) is 31.2 Å². The topological polar surface area (TPSA) is 54.9 Å². The highest BCUT2D eigenvalue weighted by Gasteiger charge is 2.13. The predicted octanol–water partition coefficient (Wildman–Crippen LogP) is 5.18. The van der Waals surface area contributed by atoms with Crippen molar-refractivity contribution in [2.75, 3.05) is 5.32 Å². The quantitative estimate of drug-likeness (QED) is 0.607. The monoisotopic (exact) mass is 407 g/mol. The first kappa shape index (κ1) is 16.1. The zero-order valence-corrected chi connectivity index (χ0v) is 15.2. The van der Waals surface area contributed by atoms with Gasteiger partial charge in [0.25, 0.3) is 5.91 Å². The van der Waals surface area contributed by atoms with Gasteiger partial charge in [0.2, 0.25) is 0 Å². The number of aryl methyl sites for hydroxylation is 1. The first-order valence-electron chi connectivity index (χ1n) is 6.69. The number of anilines is 1. The Bertz CT molecular complexity index is 864. The van der Waals surface area contributed by atoms with Gasteiger partial charge in [-0.3, -0.25) is 10.1 Å². The number of nitrogens with one attached hydrogen (secondary N) is 1. The number of halogens is 2. The molecular weight excluding hydrogens is 398 g/mol. The number of hydrogen-bond acceptors (Lipinski definition) is 4. The molecule has 0 fully saturated rings. The largest absolute Gasteiger partial charge is 0.298 e. The summed E-state index contributed by atoms with van der Waals surface area (Å²) in [6, 6.07) is 11.0. The number of thiazole rings is 1. The van der Waals surface area contributed by atoms with E-state index in [9.17, 15) is 4.79 Å². The maximum absolute atomic E-state index is 12.2. The third-order valence-corrected chi connectivity index (χ3v) is 4.75. The van der Waals surface area contributed by atoms with Crippen molar-refractivity contribution in [2.45, 2.75) is 6.92 Å². The standard InChI is InChI=1S/C16H11BrClN3OS/c1-9-14(10-2-4-12(17)5-3-10)20-16(23-9)21-15(22)11-6-7-19-13(18)8-11/h2-8H,1H3,(H,20,21,22). The maximum atomic E-state index is 12.2. The van der Waals surface area contributed by atoms with Crippen molar-refractivity contribution < 1.29 is 4.79 Å². The Balaban J connectivity index is 1.83. The van der Waals surface area contributed by atoms with Crippen LogP contribution >= 0.6 is 38.9 Å². The van der Waals surface area contributed by atoms with E-state index in [1.54, 1.807) is 6.07 Å². The molecule has 0 aliphatic rings. The molecule has 4 nitrogen and oxygen atoms in total. The molecule has 1 N–H and O–H groups in total. The van der Waals surface area contributed by atoms with Crippen LogP contribution in [0.1, 0.15) is 15.2 Å². The van der Waals surface area contributed by atoms with E-state index in [4.69, 9.17) is 11.6 Å². The first-order chi connectivity index (χ1) is 11.0. The molecule has 3 rings (SSSR count). The second kappa shape index (κ2) is 6.78. The molecule has 0 radical (unpaired) electrons. The van der Waals surface area contributed by atoms with Crippen molar-refractivity contribution in [3.63, 3.8) is 0 Å². The van der Waals surface area contributed by atoms with Gasteiger partial charge in [0.1, 0.15) is 5.15 Å². The molecule has 0 aliphatic heterocycles. The molecule has 0 saturated carbocycles. The van der Waals surface area contributed by atoms with Gasteiger partial charge in [-0.15, -0.1) is 11.3 Å². The van der Waals surface area contributed by atoms with Crippen molar-refractivity contribution in [1.82, 2.24) is 9.97 Å². The Kier molecular flexibility index (Phi) is 4.75. The minimum absolute atomic E-state index is 0.259. The number of carbonyl (C=O) groups is 1. The lowest BCUT2D eigenvalue weighted by Gasteiger charge is -2.01. The molecule has 1 aromatic carbocycles. The molecule has 2 aromatic heterocycles. The van der Waals surface area contributed by atoms with Crippen LogP contribution in [0.3, 0.4) is 0 Å². The summed E-state index contributed by atoms with van der Waals surface area (Å²) in [5, 5.41) is 3.64. The van der Waals surface area contributed by atoms with Crippen molar-refractivity contribution in [2.24, 2.45) is 0 Å². The Labute approximate surface area is 150 Å². The molecule has 7 heteroatoms. The van der Waals surface area contributed by atoms with E-state index >= 15 is 0 Å². The minimum atomic E-state index is -0.259. The van der Waals surface area contributed by atoms with Gasteiger partial charge >= 0.3 is 0 Å². The predicted molar refractivity (Wildman–Crippen MR) is 97.2 cm³/mol. The van der Waals surface area contributed by atoms with Crippen molar-refractivity contribution in [3.05, 3.63) is 62.7 Å². The number of pyridine rings is 1. The average molecular weight is 409 g/mol. The van der Waals surface area contributed by atoms with Crippen LogP contribution < -0.4 is 5.32 Å². The summed E-state index contributed by atoms with van der Waals surface area (Å²) >= 11 is 10.7. The van der Waals surface area contributed by atoms with Crippen molar-refractivity contribution in [3.8, 4) is 11.3 Å². The van der Waals surface area contributed by atoms with Crippen molar-refractivity contribution >= 4 is 49.9 Å². The Morgan fingerprint density at radius 2 is 2.00 bits per heavy atom. The van der Waals surface area contributed by atoms with Crippen LogP contribution in [0.2, 0.25) is 5.15 Å². The lowest BCUT2D eigenvalue weighted by atomic mass is 10.1. The van der Waals surface area contributed by atoms with E-state index in [0.29, 0.717) is 10.7 Å². The fourth-order valence-electron chi connectivity index (χ4n) is 2.04. The highest BCUT2D eigenvalue weighted by Crippen LogP contribution is 2.31. The first-order valence-corrected chi connectivity index (χ1v) is 8.68. The molecule has 2 heterocycles. The van der Waals surface area contributed by atoms with Crippen LogP contribution in [0.4, 0.5) is 5.13 Å². The van der Waals surface area contributed by atoms with Gasteiger partial charge in [-0.2, -0.15) is 0 Å². The lowest BCUT2D eigenvalue weighted by molar-refractivity contribution is 0.102. The van der Waals surface area contributed by atoms with E-state index in [1.165, 1.54) is 23.6 Å². The molecule has 116 valence electrons.